The summed E-state index contributed by atoms with van der Waals surface area (Å²) in [6, 6.07) is 20.6. The first-order valence-corrected chi connectivity index (χ1v) is 11.0. The minimum atomic E-state index is -5.08. The van der Waals surface area contributed by atoms with Gasteiger partial charge in [0.25, 0.3) is 0 Å². The fourth-order valence-electron chi connectivity index (χ4n) is 2.94. The Balaban J connectivity index is 0.000000522. The number of anilines is 2. The minimum absolute atomic E-state index is 0.0362. The molecule has 0 aromatic heterocycles. The van der Waals surface area contributed by atoms with Crippen molar-refractivity contribution in [2.45, 2.75) is 12.4 Å². The van der Waals surface area contributed by atoms with Gasteiger partial charge in [-0.3, -0.25) is 15.7 Å². The highest BCUT2D eigenvalue weighted by Crippen LogP contribution is 2.35. The third-order valence-electron chi connectivity index (χ3n) is 4.77. The summed E-state index contributed by atoms with van der Waals surface area (Å²) in [5.74, 6) is -5.61. The van der Waals surface area contributed by atoms with E-state index in [9.17, 15) is 31.1 Å². The molecule has 0 fully saturated rings. The molecule has 3 rings (SSSR count). The number of aliphatic carboxylic acids is 2. The second kappa shape index (κ2) is 14.1. The van der Waals surface area contributed by atoms with E-state index in [-0.39, 0.29) is 11.7 Å². The van der Waals surface area contributed by atoms with Gasteiger partial charge < -0.3 is 27.4 Å². The van der Waals surface area contributed by atoms with Crippen LogP contribution in [-0.2, 0) is 9.59 Å². The molecule has 42 heavy (non-hydrogen) atoms. The lowest BCUT2D eigenvalue weighted by Gasteiger charge is -2.24. The average molecular weight is 600 g/mol. The van der Waals surface area contributed by atoms with Crippen LogP contribution in [0, 0.1) is 10.8 Å². The zero-order valence-electron chi connectivity index (χ0n) is 21.0. The number of amides is 2. The number of hydrogen-bond acceptors (Lipinski definition) is 5. The highest BCUT2D eigenvalue weighted by atomic mass is 19.4. The van der Waals surface area contributed by atoms with Crippen LogP contribution < -0.4 is 22.1 Å². The summed E-state index contributed by atoms with van der Waals surface area (Å²) in [5.41, 5.74) is 20.6. The third kappa shape index (κ3) is 10.2. The van der Waals surface area contributed by atoms with Gasteiger partial charge in [0, 0.05) is 16.7 Å². The predicted molar refractivity (Wildman–Crippen MR) is 139 cm³/mol. The Labute approximate surface area is 232 Å². The summed E-state index contributed by atoms with van der Waals surface area (Å²) in [4.78, 5) is 31.5. The van der Waals surface area contributed by atoms with E-state index in [0.717, 1.165) is 11.1 Å². The number of nitrogen functional groups attached to an aromatic ring is 2. The van der Waals surface area contributed by atoms with E-state index in [0.29, 0.717) is 22.5 Å². The summed E-state index contributed by atoms with van der Waals surface area (Å²) in [5, 5.41) is 29.4. The molecule has 0 heterocycles. The Kier molecular flexibility index (Phi) is 11.6. The maximum atomic E-state index is 12.3. The molecule has 17 heteroatoms. The van der Waals surface area contributed by atoms with Crippen LogP contribution in [0.5, 0.6) is 0 Å². The molecule has 3 aromatic rings. The largest absolute Gasteiger partial charge is 0.490 e. The first kappa shape index (κ1) is 34.4. The van der Waals surface area contributed by atoms with E-state index < -0.39 is 30.3 Å². The number of carboxylic acid groups (broad SMARTS) is 2. The number of carbonyl (C=O) groups excluding carboxylic acids is 1. The number of urea groups is 1. The van der Waals surface area contributed by atoms with Crippen molar-refractivity contribution < 1.29 is 50.9 Å². The Bertz CT molecular complexity index is 1440. The Morgan fingerprint density at radius 2 is 1.12 bits per heavy atom. The van der Waals surface area contributed by atoms with Gasteiger partial charge in [-0.2, -0.15) is 26.3 Å². The first-order valence-electron chi connectivity index (χ1n) is 11.0. The van der Waals surface area contributed by atoms with Crippen LogP contribution in [0.15, 0.2) is 72.8 Å². The predicted octanol–water partition coefficient (Wildman–Crippen LogP) is 4.41. The van der Waals surface area contributed by atoms with E-state index in [1.54, 1.807) is 48.5 Å². The normalized spacial score (nSPS) is 10.6. The number of nitrogens with one attached hydrogen (secondary N) is 2. The second-order valence-electron chi connectivity index (χ2n) is 7.75. The molecule has 0 radical (unpaired) electrons. The fourth-order valence-corrected chi connectivity index (χ4v) is 2.94. The summed E-state index contributed by atoms with van der Waals surface area (Å²) in [6.07, 6.45) is -10.2. The van der Waals surface area contributed by atoms with Crippen LogP contribution in [-0.4, -0.2) is 52.2 Å². The molecule has 0 unspecified atom stereocenters. The molecular weight excluding hydrogens is 578 g/mol. The quantitative estimate of drug-likeness (QED) is 0.127. The number of para-hydroxylation sites is 1. The molecule has 2 amide bonds. The van der Waals surface area contributed by atoms with Crippen molar-refractivity contribution >= 4 is 41.0 Å². The molecule has 0 saturated carbocycles. The number of hydrogen-bond donors (Lipinski definition) is 7. The molecule has 11 nitrogen and oxygen atoms in total. The molecule has 10 N–H and O–H groups in total. The van der Waals surface area contributed by atoms with E-state index in [2.05, 4.69) is 0 Å². The number of benzene rings is 3. The van der Waals surface area contributed by atoms with Gasteiger partial charge in [0.15, 0.2) is 0 Å². The van der Waals surface area contributed by atoms with Crippen molar-refractivity contribution in [1.82, 2.24) is 0 Å². The standard InChI is InChI=1S/C21H20N6O.2C2HF3O2/c22-19(23)13-8-10-16(11-9-13)27(21(26)28)18-7-2-1-6-17(18)14-4-3-5-15(12-14)20(24)25;2*3-2(4,5)1(6)7/h1-12H,(H3,22,23)(H3,24,25)(H2,26,28);2*(H,6,7). The molecular formula is C25H22F6N6O5. The van der Waals surface area contributed by atoms with Crippen molar-refractivity contribution in [1.29, 1.82) is 10.8 Å². The number of halogens is 6. The maximum Gasteiger partial charge on any atom is 0.490 e. The number of carbonyl (C=O) groups is 3. The van der Waals surface area contributed by atoms with E-state index >= 15 is 0 Å². The smallest absolute Gasteiger partial charge is 0.475 e. The average Bonchev–Trinajstić information content (AvgIpc) is 2.89. The number of rotatable bonds is 5. The third-order valence-corrected chi connectivity index (χ3v) is 4.77. The maximum absolute atomic E-state index is 12.3. The lowest BCUT2D eigenvalue weighted by Crippen LogP contribution is -2.31. The van der Waals surface area contributed by atoms with Gasteiger partial charge in [-0.1, -0.05) is 36.4 Å². The van der Waals surface area contributed by atoms with Gasteiger partial charge in [0.05, 0.1) is 11.4 Å². The lowest BCUT2D eigenvalue weighted by molar-refractivity contribution is -0.193. The zero-order valence-corrected chi connectivity index (χ0v) is 21.0. The van der Waals surface area contributed by atoms with Gasteiger partial charge in [0.1, 0.15) is 11.7 Å². The molecule has 3 aromatic carbocycles. The summed E-state index contributed by atoms with van der Waals surface area (Å²) >= 11 is 0. The Morgan fingerprint density at radius 1 is 0.667 bits per heavy atom. The van der Waals surface area contributed by atoms with Crippen molar-refractivity contribution in [2.75, 3.05) is 4.90 Å². The number of primary amides is 1. The topological polar surface area (TPSA) is 221 Å². The summed E-state index contributed by atoms with van der Waals surface area (Å²) < 4.78 is 63.5. The molecule has 224 valence electrons. The van der Waals surface area contributed by atoms with Gasteiger partial charge in [-0.05, 0) is 42.0 Å². The number of amidine groups is 2. The van der Waals surface area contributed by atoms with Gasteiger partial charge in [-0.25, -0.2) is 14.4 Å². The highest BCUT2D eigenvalue weighted by molar-refractivity contribution is 6.04. The molecule has 0 spiro atoms. The summed E-state index contributed by atoms with van der Waals surface area (Å²) in [7, 11) is 0. The van der Waals surface area contributed by atoms with Crippen molar-refractivity contribution in [3.63, 3.8) is 0 Å². The summed E-state index contributed by atoms with van der Waals surface area (Å²) in [6.45, 7) is 0. The molecule has 0 aliphatic heterocycles. The number of nitrogens with zero attached hydrogens (tertiary/aromatic N) is 1. The first-order chi connectivity index (χ1) is 19.3. The van der Waals surface area contributed by atoms with Crippen LogP contribution in [0.3, 0.4) is 0 Å². The monoisotopic (exact) mass is 600 g/mol. The van der Waals surface area contributed by atoms with Crippen LogP contribution >= 0.6 is 0 Å². The Morgan fingerprint density at radius 3 is 1.52 bits per heavy atom. The Hall–Kier alpha value is -5.61. The van der Waals surface area contributed by atoms with Crippen LogP contribution in [0.25, 0.3) is 11.1 Å². The van der Waals surface area contributed by atoms with Crippen LogP contribution in [0.1, 0.15) is 11.1 Å². The van der Waals surface area contributed by atoms with Crippen LogP contribution in [0.2, 0.25) is 0 Å². The van der Waals surface area contributed by atoms with E-state index in [1.807, 2.05) is 24.3 Å². The van der Waals surface area contributed by atoms with Gasteiger partial charge >= 0.3 is 30.3 Å². The molecule has 0 saturated heterocycles. The molecule has 0 aliphatic carbocycles. The second-order valence-corrected chi connectivity index (χ2v) is 7.75. The molecule has 0 aliphatic rings. The van der Waals surface area contributed by atoms with Crippen LogP contribution in [0.4, 0.5) is 42.5 Å². The number of carboxylic acids is 2. The number of alkyl halides is 6. The number of nitrogens with two attached hydrogens (primary N) is 3. The van der Waals surface area contributed by atoms with Crippen molar-refractivity contribution in [3.8, 4) is 11.1 Å². The van der Waals surface area contributed by atoms with Crippen molar-refractivity contribution in [2.24, 2.45) is 17.2 Å². The zero-order chi connectivity index (χ0) is 32.4. The van der Waals surface area contributed by atoms with Gasteiger partial charge in [-0.15, -0.1) is 0 Å². The van der Waals surface area contributed by atoms with E-state index in [4.69, 9.17) is 47.8 Å². The SMILES string of the molecule is N=C(N)c1ccc(N(C(N)=O)c2ccccc2-c2cccc(C(=N)N)c2)cc1.O=C(O)C(F)(F)F.O=C(O)C(F)(F)F. The van der Waals surface area contributed by atoms with E-state index in [1.165, 1.54) is 4.90 Å². The lowest BCUT2D eigenvalue weighted by atomic mass is 10.00. The van der Waals surface area contributed by atoms with Crippen molar-refractivity contribution in [3.05, 3.63) is 83.9 Å². The molecule has 0 atom stereocenters. The fraction of sp³-hybridized carbons (Fsp3) is 0.0800. The highest BCUT2D eigenvalue weighted by Gasteiger charge is 2.38. The minimum Gasteiger partial charge on any atom is -0.475 e. The van der Waals surface area contributed by atoms with Gasteiger partial charge in [0.2, 0.25) is 0 Å². The molecule has 0 bridgehead atoms.